The molecular weight excluding hydrogens is 316 g/mol. The van der Waals surface area contributed by atoms with Gasteiger partial charge in [0.25, 0.3) is 0 Å². The van der Waals surface area contributed by atoms with Crippen LogP contribution in [0.3, 0.4) is 0 Å². The molecule has 0 saturated carbocycles. The number of carbonyl (C=O) groups is 1. The van der Waals surface area contributed by atoms with Gasteiger partial charge in [-0.3, -0.25) is 0 Å². The zero-order valence-corrected chi connectivity index (χ0v) is 13.6. The van der Waals surface area contributed by atoms with Crippen molar-refractivity contribution in [1.82, 2.24) is 10.6 Å². The Kier molecular flexibility index (Phi) is 5.49. The zero-order chi connectivity index (χ0) is 17.5. The number of hydrogen-bond donors (Lipinski definition) is 3. The molecule has 5 heteroatoms. The highest BCUT2D eigenvalue weighted by Gasteiger charge is 2.17. The summed E-state index contributed by atoms with van der Waals surface area (Å²) >= 11 is 0. The zero-order valence-electron chi connectivity index (χ0n) is 13.6. The summed E-state index contributed by atoms with van der Waals surface area (Å²) in [5.41, 5.74) is 2.60. The van der Waals surface area contributed by atoms with Crippen LogP contribution in [-0.2, 0) is 0 Å². The van der Waals surface area contributed by atoms with E-state index >= 15 is 0 Å². The summed E-state index contributed by atoms with van der Waals surface area (Å²) in [4.78, 5) is 12.3. The monoisotopic (exact) mass is 336 g/mol. The number of nitrogens with one attached hydrogen (secondary N) is 2. The van der Waals surface area contributed by atoms with Gasteiger partial charge in [0, 0.05) is 12.1 Å². The molecule has 0 spiro atoms. The van der Waals surface area contributed by atoms with Crippen LogP contribution in [0.1, 0.15) is 28.8 Å². The first-order chi connectivity index (χ1) is 12.2. The molecule has 0 aliphatic rings. The third-order valence-corrected chi connectivity index (χ3v) is 3.93. The van der Waals surface area contributed by atoms with Crippen molar-refractivity contribution in [2.45, 2.75) is 12.1 Å². The van der Waals surface area contributed by atoms with Gasteiger partial charge in [-0.1, -0.05) is 60.7 Å². The molecule has 1 atom stereocenters. The van der Waals surface area contributed by atoms with Crippen LogP contribution >= 0.6 is 0 Å². The molecule has 5 nitrogen and oxygen atoms in total. The van der Waals surface area contributed by atoms with Crippen molar-refractivity contribution in [3.63, 3.8) is 0 Å². The molecule has 3 N–H and O–H groups in total. The maximum Gasteiger partial charge on any atom is 0.315 e. The molecule has 1 aromatic heterocycles. The largest absolute Gasteiger partial charge is 0.472 e. The van der Waals surface area contributed by atoms with Crippen molar-refractivity contribution in [3.8, 4) is 0 Å². The molecule has 0 bridgehead atoms. The third kappa shape index (κ3) is 4.49. The number of amides is 2. The fourth-order valence-corrected chi connectivity index (χ4v) is 2.60. The van der Waals surface area contributed by atoms with Crippen molar-refractivity contribution in [2.24, 2.45) is 0 Å². The highest BCUT2D eigenvalue weighted by atomic mass is 16.3. The molecule has 0 aliphatic heterocycles. The van der Waals surface area contributed by atoms with E-state index in [0.29, 0.717) is 5.56 Å². The first-order valence-corrected chi connectivity index (χ1v) is 8.08. The normalized spacial score (nSPS) is 11.9. The molecule has 25 heavy (non-hydrogen) atoms. The Bertz CT molecular complexity index is 734. The van der Waals surface area contributed by atoms with E-state index in [1.165, 1.54) is 12.5 Å². The molecule has 0 aliphatic carbocycles. The Morgan fingerprint density at radius 1 is 0.920 bits per heavy atom. The number of benzene rings is 2. The quantitative estimate of drug-likeness (QED) is 0.646. The predicted molar refractivity (Wildman–Crippen MR) is 94.9 cm³/mol. The number of aliphatic hydroxyl groups is 1. The third-order valence-electron chi connectivity index (χ3n) is 3.93. The minimum Gasteiger partial charge on any atom is -0.472 e. The topological polar surface area (TPSA) is 74.5 Å². The van der Waals surface area contributed by atoms with E-state index in [9.17, 15) is 9.90 Å². The van der Waals surface area contributed by atoms with Crippen molar-refractivity contribution in [2.75, 3.05) is 6.54 Å². The van der Waals surface area contributed by atoms with Crippen LogP contribution in [0, 0.1) is 0 Å². The average molecular weight is 336 g/mol. The Hall–Kier alpha value is -3.05. The summed E-state index contributed by atoms with van der Waals surface area (Å²) in [6, 6.07) is 20.6. The van der Waals surface area contributed by atoms with E-state index in [-0.39, 0.29) is 18.6 Å². The molecule has 1 heterocycles. The molecule has 128 valence electrons. The van der Waals surface area contributed by atoms with Gasteiger partial charge in [-0.25, -0.2) is 4.79 Å². The molecule has 2 aromatic carbocycles. The number of carbonyl (C=O) groups excluding carboxylic acids is 1. The van der Waals surface area contributed by atoms with Crippen molar-refractivity contribution in [1.29, 1.82) is 0 Å². The Balaban J connectivity index is 1.67. The summed E-state index contributed by atoms with van der Waals surface area (Å²) in [5.74, 6) is 0. The van der Waals surface area contributed by atoms with Crippen LogP contribution in [-0.4, -0.2) is 17.7 Å². The molecule has 3 rings (SSSR count). The second kappa shape index (κ2) is 8.17. The Morgan fingerprint density at radius 3 is 2.04 bits per heavy atom. The average Bonchev–Trinajstić information content (AvgIpc) is 3.20. The lowest BCUT2D eigenvalue weighted by atomic mass is 9.99. The first kappa shape index (κ1) is 16.8. The van der Waals surface area contributed by atoms with E-state index in [4.69, 9.17) is 4.42 Å². The van der Waals surface area contributed by atoms with Gasteiger partial charge in [-0.15, -0.1) is 0 Å². The lowest BCUT2D eigenvalue weighted by Gasteiger charge is -2.20. The second-order valence-electron chi connectivity index (χ2n) is 5.68. The summed E-state index contributed by atoms with van der Waals surface area (Å²) < 4.78 is 4.93. The molecule has 3 aromatic rings. The van der Waals surface area contributed by atoms with Gasteiger partial charge in [0.2, 0.25) is 0 Å². The number of aliphatic hydroxyl groups excluding tert-OH is 1. The Labute approximate surface area is 146 Å². The molecule has 0 radical (unpaired) electrons. The lowest BCUT2D eigenvalue weighted by molar-refractivity contribution is 0.172. The van der Waals surface area contributed by atoms with Crippen LogP contribution in [0.5, 0.6) is 0 Å². The second-order valence-corrected chi connectivity index (χ2v) is 5.68. The van der Waals surface area contributed by atoms with Gasteiger partial charge < -0.3 is 20.2 Å². The standard InChI is InChI=1S/C20H20N2O3/c23-18(17-11-12-25-14-17)13-21-20(24)22-19(15-7-3-1-4-8-15)16-9-5-2-6-10-16/h1-12,14,18-19,23H,13H2,(H2,21,22,24). The summed E-state index contributed by atoms with van der Waals surface area (Å²) in [7, 11) is 0. The van der Waals surface area contributed by atoms with Crippen LogP contribution in [0.2, 0.25) is 0 Å². The maximum atomic E-state index is 12.3. The van der Waals surface area contributed by atoms with E-state index in [2.05, 4.69) is 10.6 Å². The fourth-order valence-electron chi connectivity index (χ4n) is 2.60. The first-order valence-electron chi connectivity index (χ1n) is 8.08. The Morgan fingerprint density at radius 2 is 1.52 bits per heavy atom. The van der Waals surface area contributed by atoms with Gasteiger partial charge in [0.05, 0.1) is 24.7 Å². The van der Waals surface area contributed by atoms with E-state index in [1.807, 2.05) is 60.7 Å². The fraction of sp³-hybridized carbons (Fsp3) is 0.150. The predicted octanol–water partition coefficient (Wildman–Crippen LogP) is 3.40. The molecule has 0 saturated heterocycles. The van der Waals surface area contributed by atoms with E-state index in [1.54, 1.807) is 6.07 Å². The lowest BCUT2D eigenvalue weighted by Crippen LogP contribution is -2.40. The van der Waals surface area contributed by atoms with Crippen molar-refractivity contribution >= 4 is 6.03 Å². The van der Waals surface area contributed by atoms with Crippen molar-refractivity contribution in [3.05, 3.63) is 95.9 Å². The molecule has 2 amide bonds. The van der Waals surface area contributed by atoms with Crippen LogP contribution < -0.4 is 10.6 Å². The van der Waals surface area contributed by atoms with Crippen LogP contribution in [0.4, 0.5) is 4.79 Å². The van der Waals surface area contributed by atoms with Gasteiger partial charge in [0.15, 0.2) is 0 Å². The van der Waals surface area contributed by atoms with Gasteiger partial charge in [-0.05, 0) is 17.2 Å². The van der Waals surface area contributed by atoms with Gasteiger partial charge in [0.1, 0.15) is 0 Å². The smallest absolute Gasteiger partial charge is 0.315 e. The number of hydrogen-bond acceptors (Lipinski definition) is 3. The molecular formula is C20H20N2O3. The minimum absolute atomic E-state index is 0.0989. The summed E-state index contributed by atoms with van der Waals surface area (Å²) in [6.45, 7) is 0.0989. The summed E-state index contributed by atoms with van der Waals surface area (Å²) in [5, 5.41) is 15.7. The van der Waals surface area contributed by atoms with Gasteiger partial charge >= 0.3 is 6.03 Å². The van der Waals surface area contributed by atoms with Crippen LogP contribution in [0.15, 0.2) is 83.7 Å². The number of furan rings is 1. The van der Waals surface area contributed by atoms with E-state index in [0.717, 1.165) is 11.1 Å². The van der Waals surface area contributed by atoms with Crippen LogP contribution in [0.25, 0.3) is 0 Å². The highest BCUT2D eigenvalue weighted by Crippen LogP contribution is 2.21. The van der Waals surface area contributed by atoms with Gasteiger partial charge in [-0.2, -0.15) is 0 Å². The molecule has 0 fully saturated rings. The number of rotatable bonds is 6. The maximum absolute atomic E-state index is 12.3. The number of urea groups is 1. The molecule has 1 unspecified atom stereocenters. The minimum atomic E-state index is -0.809. The summed E-state index contributed by atoms with van der Waals surface area (Å²) in [6.07, 6.45) is 2.14. The van der Waals surface area contributed by atoms with Crippen molar-refractivity contribution < 1.29 is 14.3 Å². The SMILES string of the molecule is O=C(NCC(O)c1ccoc1)NC(c1ccccc1)c1ccccc1. The van der Waals surface area contributed by atoms with E-state index < -0.39 is 6.10 Å². The highest BCUT2D eigenvalue weighted by molar-refractivity contribution is 5.75.